The first-order chi connectivity index (χ1) is 5.68. The van der Waals surface area contributed by atoms with Crippen molar-refractivity contribution in [2.45, 2.75) is 13.1 Å². The van der Waals surface area contributed by atoms with Crippen molar-refractivity contribution in [1.82, 2.24) is 0 Å². The van der Waals surface area contributed by atoms with Crippen LogP contribution >= 0.6 is 0 Å². The third kappa shape index (κ3) is 2.82. The lowest BCUT2D eigenvalue weighted by atomic mass is 10.2. The Hall–Kier alpha value is -1.18. The van der Waals surface area contributed by atoms with Crippen molar-refractivity contribution in [2.24, 2.45) is 0 Å². The lowest BCUT2D eigenvalue weighted by molar-refractivity contribution is 0.432. The first-order valence-electron chi connectivity index (χ1n) is 3.76. The van der Waals surface area contributed by atoms with Gasteiger partial charge in [0.15, 0.2) is 0 Å². The molecule has 0 N–H and O–H groups in total. The first kappa shape index (κ1) is 8.91. The van der Waals surface area contributed by atoms with Gasteiger partial charge >= 0.3 is 0 Å². The second-order valence-electron chi connectivity index (χ2n) is 2.59. The summed E-state index contributed by atoms with van der Waals surface area (Å²) in [4.78, 5) is 0. The van der Waals surface area contributed by atoms with Crippen LogP contribution in [0.2, 0.25) is 0 Å². The van der Waals surface area contributed by atoms with Gasteiger partial charge in [0, 0.05) is 0 Å². The van der Waals surface area contributed by atoms with E-state index in [0.29, 0.717) is 0 Å². The quantitative estimate of drug-likeness (QED) is 0.636. The van der Waals surface area contributed by atoms with E-state index in [0.717, 1.165) is 5.56 Å². The predicted octanol–water partition coefficient (Wildman–Crippen LogP) is 3.20. The highest BCUT2D eigenvalue weighted by atomic mass is 19.1. The van der Waals surface area contributed by atoms with Crippen molar-refractivity contribution in [3.63, 3.8) is 0 Å². The van der Waals surface area contributed by atoms with Gasteiger partial charge in [0.1, 0.15) is 12.0 Å². The van der Waals surface area contributed by atoms with Crippen molar-refractivity contribution in [3.05, 3.63) is 41.7 Å². The second kappa shape index (κ2) is 4.00. The summed E-state index contributed by atoms with van der Waals surface area (Å²) in [7, 11) is 0. The summed E-state index contributed by atoms with van der Waals surface area (Å²) in [5.74, 6) is -0.277. The molecule has 0 amide bonds. The van der Waals surface area contributed by atoms with Crippen molar-refractivity contribution in [2.75, 3.05) is 0 Å². The van der Waals surface area contributed by atoms with Crippen LogP contribution in [0.1, 0.15) is 12.5 Å². The molecule has 0 aliphatic rings. The molecule has 64 valence electrons. The molecule has 0 bridgehead atoms. The molecule has 0 fully saturated rings. The molecular formula is C10H10F2. The van der Waals surface area contributed by atoms with Crippen molar-refractivity contribution in [1.29, 1.82) is 0 Å². The van der Waals surface area contributed by atoms with Crippen molar-refractivity contribution >= 4 is 6.08 Å². The molecule has 0 saturated carbocycles. The molecule has 1 unspecified atom stereocenters. The monoisotopic (exact) mass is 168 g/mol. The lowest BCUT2D eigenvalue weighted by Gasteiger charge is -1.93. The van der Waals surface area contributed by atoms with E-state index >= 15 is 0 Å². The summed E-state index contributed by atoms with van der Waals surface area (Å²) in [5.41, 5.74) is 0.806. The zero-order chi connectivity index (χ0) is 8.97. The van der Waals surface area contributed by atoms with Gasteiger partial charge in [-0.15, -0.1) is 0 Å². The van der Waals surface area contributed by atoms with Crippen LogP contribution in [0.5, 0.6) is 0 Å². The third-order valence-electron chi connectivity index (χ3n) is 1.42. The summed E-state index contributed by atoms with van der Waals surface area (Å²) in [6.45, 7) is 1.44. The predicted molar refractivity (Wildman–Crippen MR) is 46.0 cm³/mol. The van der Waals surface area contributed by atoms with Gasteiger partial charge < -0.3 is 0 Å². The molecule has 0 aliphatic carbocycles. The largest absolute Gasteiger partial charge is 0.243 e. The summed E-state index contributed by atoms with van der Waals surface area (Å²) >= 11 is 0. The van der Waals surface area contributed by atoms with E-state index in [4.69, 9.17) is 0 Å². The average Bonchev–Trinajstić information content (AvgIpc) is 2.03. The van der Waals surface area contributed by atoms with Crippen molar-refractivity contribution < 1.29 is 8.78 Å². The minimum atomic E-state index is -0.963. The van der Waals surface area contributed by atoms with Crippen LogP contribution < -0.4 is 0 Å². The highest BCUT2D eigenvalue weighted by Crippen LogP contribution is 2.05. The number of allylic oxidation sites excluding steroid dienone is 1. The standard InChI is InChI=1S/C10H10F2/c1-8(11)2-3-9-4-6-10(12)7-5-9/h2-8H,1H3/b3-2+. The molecule has 0 aliphatic heterocycles. The average molecular weight is 168 g/mol. The number of hydrogen-bond donors (Lipinski definition) is 0. The molecule has 0 spiro atoms. The number of benzene rings is 1. The van der Waals surface area contributed by atoms with Gasteiger partial charge in [0.25, 0.3) is 0 Å². The van der Waals surface area contributed by atoms with Gasteiger partial charge in [0.2, 0.25) is 0 Å². The topological polar surface area (TPSA) is 0 Å². The Bertz CT molecular complexity index is 260. The van der Waals surface area contributed by atoms with E-state index in [1.54, 1.807) is 18.2 Å². The van der Waals surface area contributed by atoms with Crippen LogP contribution in [0.4, 0.5) is 8.78 Å². The molecule has 0 heterocycles. The molecule has 1 atom stereocenters. The number of halogens is 2. The molecule has 12 heavy (non-hydrogen) atoms. The Morgan fingerprint density at radius 1 is 1.25 bits per heavy atom. The Labute approximate surface area is 70.5 Å². The number of rotatable bonds is 2. The highest BCUT2D eigenvalue weighted by molar-refractivity contribution is 5.49. The van der Waals surface area contributed by atoms with E-state index in [-0.39, 0.29) is 5.82 Å². The van der Waals surface area contributed by atoms with Crippen LogP contribution in [0, 0.1) is 5.82 Å². The highest BCUT2D eigenvalue weighted by Gasteiger charge is 1.90. The fraction of sp³-hybridized carbons (Fsp3) is 0.200. The SMILES string of the molecule is CC(F)/C=C/c1ccc(F)cc1. The molecule has 2 heteroatoms. The lowest BCUT2D eigenvalue weighted by Crippen LogP contribution is -1.82. The maximum absolute atomic E-state index is 12.4. The van der Waals surface area contributed by atoms with Crippen LogP contribution in [-0.2, 0) is 0 Å². The van der Waals surface area contributed by atoms with Gasteiger partial charge in [-0.1, -0.05) is 24.3 Å². The van der Waals surface area contributed by atoms with Gasteiger partial charge in [-0.05, 0) is 24.6 Å². The molecule has 0 saturated heterocycles. The molecule has 0 nitrogen and oxygen atoms in total. The normalized spacial score (nSPS) is 13.6. The van der Waals surface area contributed by atoms with Gasteiger partial charge in [0.05, 0.1) is 0 Å². The Morgan fingerprint density at radius 2 is 1.83 bits per heavy atom. The zero-order valence-electron chi connectivity index (χ0n) is 6.80. The Morgan fingerprint density at radius 3 is 2.33 bits per heavy atom. The molecule has 0 radical (unpaired) electrons. The molecule has 0 aromatic heterocycles. The Balaban J connectivity index is 2.71. The van der Waals surface area contributed by atoms with Gasteiger partial charge in [-0.3, -0.25) is 0 Å². The van der Waals surface area contributed by atoms with Crippen LogP contribution in [-0.4, -0.2) is 6.17 Å². The van der Waals surface area contributed by atoms with Crippen molar-refractivity contribution in [3.8, 4) is 0 Å². The number of alkyl halides is 1. The van der Waals surface area contributed by atoms with E-state index in [9.17, 15) is 8.78 Å². The maximum atomic E-state index is 12.4. The summed E-state index contributed by atoms with van der Waals surface area (Å²) in [6, 6.07) is 5.91. The van der Waals surface area contributed by atoms with E-state index in [2.05, 4.69) is 0 Å². The minimum absolute atomic E-state index is 0.277. The van der Waals surface area contributed by atoms with E-state index in [1.807, 2.05) is 0 Å². The molecule has 1 aromatic carbocycles. The maximum Gasteiger partial charge on any atom is 0.123 e. The number of hydrogen-bond acceptors (Lipinski definition) is 0. The molecule has 1 rings (SSSR count). The fourth-order valence-electron chi connectivity index (χ4n) is 0.818. The van der Waals surface area contributed by atoms with Crippen LogP contribution in [0.15, 0.2) is 30.3 Å². The van der Waals surface area contributed by atoms with Crippen LogP contribution in [0.3, 0.4) is 0 Å². The molecule has 1 aromatic rings. The fourth-order valence-corrected chi connectivity index (χ4v) is 0.818. The minimum Gasteiger partial charge on any atom is -0.243 e. The summed E-state index contributed by atoms with van der Waals surface area (Å²) in [6.07, 6.45) is 2.09. The molecular weight excluding hydrogens is 158 g/mol. The third-order valence-corrected chi connectivity index (χ3v) is 1.42. The Kier molecular flexibility index (Phi) is 2.97. The second-order valence-corrected chi connectivity index (χ2v) is 2.59. The van der Waals surface area contributed by atoms with Crippen LogP contribution in [0.25, 0.3) is 6.08 Å². The first-order valence-corrected chi connectivity index (χ1v) is 3.76. The smallest absolute Gasteiger partial charge is 0.123 e. The van der Waals surface area contributed by atoms with E-state index in [1.165, 1.54) is 25.1 Å². The van der Waals surface area contributed by atoms with Gasteiger partial charge in [-0.2, -0.15) is 0 Å². The summed E-state index contributed by atoms with van der Waals surface area (Å²) in [5, 5.41) is 0. The van der Waals surface area contributed by atoms with E-state index < -0.39 is 6.17 Å². The van der Waals surface area contributed by atoms with Gasteiger partial charge in [-0.25, -0.2) is 8.78 Å². The summed E-state index contributed by atoms with van der Waals surface area (Å²) < 4.78 is 24.7. The zero-order valence-corrected chi connectivity index (χ0v) is 6.80.